The molecule has 4 rings (SSSR count). The third kappa shape index (κ3) is 2.30. The molecule has 0 unspecified atom stereocenters. The summed E-state index contributed by atoms with van der Waals surface area (Å²) in [4.78, 5) is 13.5. The number of hydrogen-bond acceptors (Lipinski definition) is 4. The van der Waals surface area contributed by atoms with Crippen LogP contribution in [0.5, 0.6) is 0 Å². The van der Waals surface area contributed by atoms with E-state index in [9.17, 15) is 0 Å². The van der Waals surface area contributed by atoms with Gasteiger partial charge in [0.2, 0.25) is 0 Å². The fourth-order valence-electron chi connectivity index (χ4n) is 2.79. The molecule has 0 amide bonds. The fraction of sp³-hybridized carbons (Fsp3) is 0.167. The summed E-state index contributed by atoms with van der Waals surface area (Å²) in [6, 6.07) is 10.3. The van der Waals surface area contributed by atoms with Crippen molar-refractivity contribution in [1.82, 2.24) is 19.5 Å². The number of nitrogens with one attached hydrogen (secondary N) is 1. The molecule has 4 aromatic rings. The van der Waals surface area contributed by atoms with Crippen molar-refractivity contribution in [2.45, 2.75) is 13.8 Å². The highest BCUT2D eigenvalue weighted by atomic mass is 15.0. The average molecular weight is 303 g/mol. The number of anilines is 2. The maximum atomic E-state index is 4.76. The molecule has 1 N–H and O–H groups in total. The highest BCUT2D eigenvalue weighted by Gasteiger charge is 2.13. The van der Waals surface area contributed by atoms with Gasteiger partial charge >= 0.3 is 0 Å². The Balaban J connectivity index is 2.00. The topological polar surface area (TPSA) is 55.6 Å². The zero-order valence-electron chi connectivity index (χ0n) is 13.3. The molecule has 2 aromatic carbocycles. The van der Waals surface area contributed by atoms with Crippen LogP contribution in [0.2, 0.25) is 0 Å². The van der Waals surface area contributed by atoms with Gasteiger partial charge in [0, 0.05) is 24.3 Å². The van der Waals surface area contributed by atoms with Crippen molar-refractivity contribution in [1.29, 1.82) is 0 Å². The smallest absolute Gasteiger partial charge is 0.117 e. The minimum atomic E-state index is 0.847. The van der Waals surface area contributed by atoms with Gasteiger partial charge in [-0.1, -0.05) is 12.1 Å². The fourth-order valence-corrected chi connectivity index (χ4v) is 2.79. The lowest BCUT2D eigenvalue weighted by Crippen LogP contribution is -2.02. The van der Waals surface area contributed by atoms with E-state index in [2.05, 4.69) is 40.5 Å². The Bertz CT molecular complexity index is 1030. The van der Waals surface area contributed by atoms with Crippen molar-refractivity contribution >= 4 is 33.3 Å². The predicted octanol–water partition coefficient (Wildman–Crippen LogP) is 3.88. The first-order chi connectivity index (χ1) is 11.1. The van der Waals surface area contributed by atoms with Crippen LogP contribution in [0.3, 0.4) is 0 Å². The Morgan fingerprint density at radius 1 is 1.04 bits per heavy atom. The second kappa shape index (κ2) is 5.05. The minimum absolute atomic E-state index is 0.847. The number of nitrogens with zero attached hydrogens (tertiary/aromatic N) is 4. The average Bonchev–Trinajstić information content (AvgIpc) is 2.97. The van der Waals surface area contributed by atoms with Gasteiger partial charge in [-0.15, -0.1) is 0 Å². The van der Waals surface area contributed by atoms with Crippen molar-refractivity contribution in [3.8, 4) is 0 Å². The van der Waals surface area contributed by atoms with Crippen LogP contribution < -0.4 is 5.32 Å². The molecule has 0 spiro atoms. The summed E-state index contributed by atoms with van der Waals surface area (Å²) in [5.74, 6) is 0.948. The Kier molecular flexibility index (Phi) is 3.01. The van der Waals surface area contributed by atoms with Gasteiger partial charge < -0.3 is 9.88 Å². The lowest BCUT2D eigenvalue weighted by Gasteiger charge is -2.13. The molecule has 2 aromatic heterocycles. The molecular weight excluding hydrogens is 286 g/mol. The van der Waals surface area contributed by atoms with Gasteiger partial charge in [0.05, 0.1) is 16.7 Å². The Morgan fingerprint density at radius 3 is 2.74 bits per heavy atom. The number of fused-ring (bicyclic) bond motifs is 2. The molecule has 0 aliphatic heterocycles. The van der Waals surface area contributed by atoms with Crippen LogP contribution in [-0.2, 0) is 7.05 Å². The maximum absolute atomic E-state index is 4.76. The second-order valence-corrected chi connectivity index (χ2v) is 5.82. The molecule has 0 bridgehead atoms. The van der Waals surface area contributed by atoms with Gasteiger partial charge in [-0.2, -0.15) is 0 Å². The van der Waals surface area contributed by atoms with Crippen LogP contribution in [0, 0.1) is 13.8 Å². The van der Waals surface area contributed by atoms with E-state index in [0.717, 1.165) is 39.1 Å². The highest BCUT2D eigenvalue weighted by Crippen LogP contribution is 2.32. The summed E-state index contributed by atoms with van der Waals surface area (Å²) in [5, 5.41) is 4.53. The summed E-state index contributed by atoms with van der Waals surface area (Å²) < 4.78 is 2.01. The van der Waals surface area contributed by atoms with Gasteiger partial charge in [0.1, 0.15) is 17.7 Å². The standard InChI is InChI=1S/C18H17N5/c1-11-5-4-6-14(7-11)22-18-16-13(9-23(3)12(2)21-16)8-15-17(18)20-10-19-15/h4-10,22H,1-3H3. The molecule has 0 fully saturated rings. The number of aryl methyl sites for hydroxylation is 3. The molecule has 23 heavy (non-hydrogen) atoms. The van der Waals surface area contributed by atoms with E-state index in [1.54, 1.807) is 6.33 Å². The molecule has 0 radical (unpaired) electrons. The first-order valence-corrected chi connectivity index (χ1v) is 7.53. The predicted molar refractivity (Wildman–Crippen MR) is 93.0 cm³/mol. The summed E-state index contributed by atoms with van der Waals surface area (Å²) in [7, 11) is 2.00. The lowest BCUT2D eigenvalue weighted by atomic mass is 10.1. The monoisotopic (exact) mass is 303 g/mol. The normalized spacial score (nSPS) is 11.3. The van der Waals surface area contributed by atoms with Crippen LogP contribution in [0.4, 0.5) is 11.4 Å². The summed E-state index contributed by atoms with van der Waals surface area (Å²) in [6.45, 7) is 4.07. The van der Waals surface area contributed by atoms with Crippen molar-refractivity contribution < 1.29 is 0 Å². The molecule has 0 aliphatic rings. The molecule has 0 saturated carbocycles. The van der Waals surface area contributed by atoms with Crippen LogP contribution in [-0.4, -0.2) is 19.5 Å². The third-order valence-corrected chi connectivity index (χ3v) is 4.07. The number of hydrogen-bond donors (Lipinski definition) is 1. The van der Waals surface area contributed by atoms with Crippen LogP contribution in [0.15, 0.2) is 42.9 Å². The Hall–Kier alpha value is -2.95. The molecule has 0 atom stereocenters. The molecule has 0 saturated heterocycles. The second-order valence-electron chi connectivity index (χ2n) is 5.82. The first-order valence-electron chi connectivity index (χ1n) is 7.53. The van der Waals surface area contributed by atoms with Crippen LogP contribution in [0.1, 0.15) is 11.4 Å². The number of imidazole rings is 1. The largest absolute Gasteiger partial charge is 0.352 e. The van der Waals surface area contributed by atoms with Crippen molar-refractivity contribution in [3.63, 3.8) is 0 Å². The zero-order chi connectivity index (χ0) is 16.0. The van der Waals surface area contributed by atoms with E-state index < -0.39 is 0 Å². The molecule has 2 heterocycles. The zero-order valence-corrected chi connectivity index (χ0v) is 13.3. The molecular formula is C18H17N5. The van der Waals surface area contributed by atoms with Crippen molar-refractivity contribution in [2.75, 3.05) is 5.32 Å². The summed E-state index contributed by atoms with van der Waals surface area (Å²) in [6.07, 6.45) is 3.67. The van der Waals surface area contributed by atoms with Crippen molar-refractivity contribution in [3.05, 3.63) is 54.2 Å². The van der Waals surface area contributed by atoms with Gasteiger partial charge in [0.15, 0.2) is 0 Å². The van der Waals surface area contributed by atoms with Gasteiger partial charge in [-0.3, -0.25) is 0 Å². The van der Waals surface area contributed by atoms with Gasteiger partial charge in [-0.05, 0) is 37.6 Å². The summed E-state index contributed by atoms with van der Waals surface area (Å²) >= 11 is 0. The third-order valence-electron chi connectivity index (χ3n) is 4.07. The molecule has 0 aliphatic carbocycles. The van der Waals surface area contributed by atoms with E-state index in [-0.39, 0.29) is 0 Å². The van der Waals surface area contributed by atoms with E-state index in [4.69, 9.17) is 4.98 Å². The van der Waals surface area contributed by atoms with E-state index >= 15 is 0 Å². The maximum Gasteiger partial charge on any atom is 0.117 e. The molecule has 114 valence electrons. The Labute approximate surface area is 134 Å². The Morgan fingerprint density at radius 2 is 1.91 bits per heavy atom. The van der Waals surface area contributed by atoms with Gasteiger partial charge in [-0.25, -0.2) is 15.0 Å². The van der Waals surface area contributed by atoms with E-state index in [1.165, 1.54) is 5.56 Å². The first kappa shape index (κ1) is 13.7. The van der Waals surface area contributed by atoms with Crippen molar-refractivity contribution in [2.24, 2.45) is 7.05 Å². The minimum Gasteiger partial charge on any atom is -0.352 e. The van der Waals surface area contributed by atoms with E-state index in [1.807, 2.05) is 36.7 Å². The number of aromatic nitrogens is 4. The SMILES string of the molecule is Cc1cccc(Nc2c3nc(C)n(C)cc3cc3ncnc23)c1. The summed E-state index contributed by atoms with van der Waals surface area (Å²) in [5.41, 5.74) is 5.77. The quantitative estimate of drug-likeness (QED) is 0.610. The number of rotatable bonds is 2. The number of benzene rings is 2. The van der Waals surface area contributed by atoms with E-state index in [0.29, 0.717) is 0 Å². The van der Waals surface area contributed by atoms with Gasteiger partial charge in [0.25, 0.3) is 0 Å². The highest BCUT2D eigenvalue weighted by molar-refractivity contribution is 6.07. The van der Waals surface area contributed by atoms with Crippen LogP contribution >= 0.6 is 0 Å². The van der Waals surface area contributed by atoms with Crippen LogP contribution in [0.25, 0.3) is 21.9 Å². The lowest BCUT2D eigenvalue weighted by molar-refractivity contribution is 0.824. The molecule has 5 heteroatoms. The molecule has 5 nitrogen and oxygen atoms in total.